The standard InChI is InChI=1S/C23H30N4O3/c1-6-27-20-19(21(29)25-22(27)30)17(13-7-9-14(10-8-13)26(4)5)18-15(24-20)11-23(2,3)12-16(18)28/h7-10,17,19-20,24H,6,11-12H2,1-5H3,(H,25,29,30). The zero-order valence-corrected chi connectivity index (χ0v) is 18.3. The Kier molecular flexibility index (Phi) is 4.87. The molecule has 30 heavy (non-hydrogen) atoms. The van der Waals surface area contributed by atoms with Crippen LogP contribution in [0, 0.1) is 11.3 Å². The number of rotatable bonds is 3. The lowest BCUT2D eigenvalue weighted by atomic mass is 9.65. The second-order valence-corrected chi connectivity index (χ2v) is 9.49. The van der Waals surface area contributed by atoms with Crippen molar-refractivity contribution in [2.24, 2.45) is 11.3 Å². The Labute approximate surface area is 177 Å². The number of urea groups is 1. The summed E-state index contributed by atoms with van der Waals surface area (Å²) >= 11 is 0. The summed E-state index contributed by atoms with van der Waals surface area (Å²) in [6.45, 7) is 6.54. The number of anilines is 1. The summed E-state index contributed by atoms with van der Waals surface area (Å²) < 4.78 is 0. The Morgan fingerprint density at radius 3 is 2.37 bits per heavy atom. The normalized spacial score (nSPS) is 27.8. The minimum absolute atomic E-state index is 0.0848. The van der Waals surface area contributed by atoms with E-state index in [1.165, 1.54) is 0 Å². The third-order valence-electron chi connectivity index (χ3n) is 6.49. The Morgan fingerprint density at radius 1 is 1.10 bits per heavy atom. The molecule has 3 aliphatic rings. The molecule has 0 saturated carbocycles. The number of hydrogen-bond donors (Lipinski definition) is 2. The lowest BCUT2D eigenvalue weighted by molar-refractivity contribution is -0.130. The Bertz CT molecular complexity index is 932. The molecule has 3 unspecified atom stereocenters. The number of fused-ring (bicyclic) bond motifs is 1. The van der Waals surface area contributed by atoms with Gasteiger partial charge in [0.2, 0.25) is 5.91 Å². The van der Waals surface area contributed by atoms with Crippen LogP contribution in [0.25, 0.3) is 0 Å². The molecule has 1 saturated heterocycles. The third-order valence-corrected chi connectivity index (χ3v) is 6.49. The summed E-state index contributed by atoms with van der Waals surface area (Å²) in [5, 5.41) is 5.93. The van der Waals surface area contributed by atoms with E-state index >= 15 is 0 Å². The number of benzene rings is 1. The second kappa shape index (κ2) is 7.15. The minimum atomic E-state index is -0.559. The van der Waals surface area contributed by atoms with E-state index in [2.05, 4.69) is 24.5 Å². The van der Waals surface area contributed by atoms with Gasteiger partial charge in [0.25, 0.3) is 0 Å². The van der Waals surface area contributed by atoms with Crippen LogP contribution < -0.4 is 15.5 Å². The van der Waals surface area contributed by atoms with Crippen LogP contribution in [0.3, 0.4) is 0 Å². The molecule has 0 spiro atoms. The van der Waals surface area contributed by atoms with E-state index < -0.39 is 12.1 Å². The van der Waals surface area contributed by atoms with E-state index in [9.17, 15) is 14.4 Å². The monoisotopic (exact) mass is 410 g/mol. The first-order valence-corrected chi connectivity index (χ1v) is 10.5. The number of Topliss-reactive ketones (excluding diaryl/α,β-unsaturated/α-hetero) is 1. The van der Waals surface area contributed by atoms with Gasteiger partial charge in [-0.05, 0) is 36.5 Å². The highest BCUT2D eigenvalue weighted by Gasteiger charge is 2.53. The van der Waals surface area contributed by atoms with Crippen molar-refractivity contribution in [3.63, 3.8) is 0 Å². The Hall–Kier alpha value is -2.83. The van der Waals surface area contributed by atoms with Crippen molar-refractivity contribution >= 4 is 23.4 Å². The average molecular weight is 411 g/mol. The number of nitrogens with zero attached hydrogens (tertiary/aromatic N) is 2. The summed E-state index contributed by atoms with van der Waals surface area (Å²) in [6.07, 6.45) is 0.710. The SMILES string of the molecule is CCN1C(=O)NC(=O)C2C(c3ccc(N(C)C)cc3)C3=C(CC(C)(C)CC3=O)NC21. The van der Waals surface area contributed by atoms with Gasteiger partial charge in [0.1, 0.15) is 6.17 Å². The van der Waals surface area contributed by atoms with Gasteiger partial charge in [0, 0.05) is 49.9 Å². The molecule has 7 heteroatoms. The van der Waals surface area contributed by atoms with Gasteiger partial charge in [-0.25, -0.2) is 4.79 Å². The highest BCUT2D eigenvalue weighted by atomic mass is 16.2. The molecule has 0 bridgehead atoms. The number of imide groups is 1. The van der Waals surface area contributed by atoms with Gasteiger partial charge in [-0.15, -0.1) is 0 Å². The van der Waals surface area contributed by atoms with Crippen LogP contribution in [0.15, 0.2) is 35.5 Å². The molecule has 160 valence electrons. The fraction of sp³-hybridized carbons (Fsp3) is 0.522. The number of carbonyl (C=O) groups excluding carboxylic acids is 3. The van der Waals surface area contributed by atoms with E-state index in [1.807, 2.05) is 50.2 Å². The summed E-state index contributed by atoms with van der Waals surface area (Å²) in [7, 11) is 3.95. The van der Waals surface area contributed by atoms with E-state index in [-0.39, 0.29) is 29.1 Å². The molecule has 2 aliphatic heterocycles. The summed E-state index contributed by atoms with van der Waals surface area (Å²) in [6, 6.07) is 7.63. The van der Waals surface area contributed by atoms with Crippen molar-refractivity contribution < 1.29 is 14.4 Å². The first kappa shape index (κ1) is 20.4. The molecule has 1 fully saturated rings. The maximum atomic E-state index is 13.3. The summed E-state index contributed by atoms with van der Waals surface area (Å²) in [5.41, 5.74) is 3.40. The van der Waals surface area contributed by atoms with Crippen LogP contribution >= 0.6 is 0 Å². The molecule has 1 aliphatic carbocycles. The zero-order chi connectivity index (χ0) is 21.8. The molecule has 0 radical (unpaired) electrons. The van der Waals surface area contributed by atoms with Crippen molar-refractivity contribution in [3.8, 4) is 0 Å². The largest absolute Gasteiger partial charge is 0.378 e. The van der Waals surface area contributed by atoms with Crippen molar-refractivity contribution in [2.75, 3.05) is 25.5 Å². The van der Waals surface area contributed by atoms with Gasteiger partial charge in [-0.2, -0.15) is 0 Å². The fourth-order valence-corrected chi connectivity index (χ4v) is 5.10. The van der Waals surface area contributed by atoms with Crippen LogP contribution in [0.1, 0.15) is 45.1 Å². The Morgan fingerprint density at radius 2 is 1.77 bits per heavy atom. The highest BCUT2D eigenvalue weighted by Crippen LogP contribution is 2.48. The number of nitrogens with one attached hydrogen (secondary N) is 2. The van der Waals surface area contributed by atoms with Crippen LogP contribution in [0.4, 0.5) is 10.5 Å². The predicted octanol–water partition coefficient (Wildman–Crippen LogP) is 2.60. The van der Waals surface area contributed by atoms with E-state index in [1.54, 1.807) is 4.90 Å². The van der Waals surface area contributed by atoms with E-state index in [4.69, 9.17) is 0 Å². The smallest absolute Gasteiger partial charge is 0.325 e. The number of amides is 3. The highest BCUT2D eigenvalue weighted by molar-refractivity contribution is 6.04. The molecule has 3 atom stereocenters. The topological polar surface area (TPSA) is 81.8 Å². The van der Waals surface area contributed by atoms with E-state index in [0.29, 0.717) is 18.5 Å². The molecule has 2 heterocycles. The minimum Gasteiger partial charge on any atom is -0.378 e. The van der Waals surface area contributed by atoms with Crippen molar-refractivity contribution in [1.29, 1.82) is 0 Å². The summed E-state index contributed by atoms with van der Waals surface area (Å²) in [4.78, 5) is 42.4. The second-order valence-electron chi connectivity index (χ2n) is 9.49. The first-order valence-electron chi connectivity index (χ1n) is 10.5. The fourth-order valence-electron chi connectivity index (χ4n) is 5.10. The van der Waals surface area contributed by atoms with Crippen LogP contribution in [0.2, 0.25) is 0 Å². The predicted molar refractivity (Wildman–Crippen MR) is 115 cm³/mol. The van der Waals surface area contributed by atoms with Gasteiger partial charge < -0.3 is 15.1 Å². The third kappa shape index (κ3) is 3.26. The van der Waals surface area contributed by atoms with Crippen LogP contribution in [-0.2, 0) is 9.59 Å². The van der Waals surface area contributed by atoms with Gasteiger partial charge in [-0.3, -0.25) is 14.9 Å². The van der Waals surface area contributed by atoms with Gasteiger partial charge in [0.15, 0.2) is 5.78 Å². The lowest BCUT2D eigenvalue weighted by Crippen LogP contribution is -2.68. The molecule has 0 aromatic heterocycles. The van der Waals surface area contributed by atoms with Crippen molar-refractivity contribution in [2.45, 2.75) is 45.7 Å². The molecule has 7 nitrogen and oxygen atoms in total. The molecule has 1 aromatic rings. The molecular formula is C23H30N4O3. The van der Waals surface area contributed by atoms with Crippen LogP contribution in [-0.4, -0.2) is 49.4 Å². The van der Waals surface area contributed by atoms with Crippen LogP contribution in [0.5, 0.6) is 0 Å². The van der Waals surface area contributed by atoms with Gasteiger partial charge in [0.05, 0.1) is 5.92 Å². The molecule has 4 rings (SSSR count). The van der Waals surface area contributed by atoms with Gasteiger partial charge in [-0.1, -0.05) is 26.0 Å². The molecular weight excluding hydrogens is 380 g/mol. The zero-order valence-electron chi connectivity index (χ0n) is 18.3. The quantitative estimate of drug-likeness (QED) is 0.801. The average Bonchev–Trinajstić information content (AvgIpc) is 2.65. The first-order chi connectivity index (χ1) is 14.1. The molecule has 1 aromatic carbocycles. The van der Waals surface area contributed by atoms with E-state index in [0.717, 1.165) is 23.4 Å². The molecule has 2 N–H and O–H groups in total. The number of ketones is 1. The van der Waals surface area contributed by atoms with Crippen molar-refractivity contribution in [1.82, 2.24) is 15.5 Å². The Balaban J connectivity index is 1.87. The van der Waals surface area contributed by atoms with Crippen molar-refractivity contribution in [3.05, 3.63) is 41.1 Å². The number of allylic oxidation sites excluding steroid dienone is 2. The molecule has 3 amide bonds. The number of hydrogen-bond acceptors (Lipinski definition) is 5. The van der Waals surface area contributed by atoms with Gasteiger partial charge >= 0.3 is 6.03 Å². The number of carbonyl (C=O) groups is 3. The maximum Gasteiger partial charge on any atom is 0.325 e. The lowest BCUT2D eigenvalue weighted by Gasteiger charge is -2.50. The maximum absolute atomic E-state index is 13.3. The summed E-state index contributed by atoms with van der Waals surface area (Å²) in [5.74, 6) is -1.18.